The third kappa shape index (κ3) is 4.34. The van der Waals surface area contributed by atoms with Gasteiger partial charge in [0.1, 0.15) is 6.04 Å². The van der Waals surface area contributed by atoms with E-state index in [1.807, 2.05) is 32.0 Å². The fourth-order valence-corrected chi connectivity index (χ4v) is 4.87. The molecule has 1 aliphatic heterocycles. The number of likely N-dealkylation sites (tertiary alicyclic amines) is 1. The molecule has 6 nitrogen and oxygen atoms in total. The summed E-state index contributed by atoms with van der Waals surface area (Å²) in [7, 11) is 0. The van der Waals surface area contributed by atoms with Crippen molar-refractivity contribution in [3.05, 3.63) is 35.4 Å². The van der Waals surface area contributed by atoms with Gasteiger partial charge >= 0.3 is 12.1 Å². The van der Waals surface area contributed by atoms with Crippen molar-refractivity contribution in [2.24, 2.45) is 17.1 Å². The number of amides is 1. The van der Waals surface area contributed by atoms with E-state index in [9.17, 15) is 9.59 Å². The van der Waals surface area contributed by atoms with Crippen LogP contribution in [0.5, 0.6) is 0 Å². The number of hydrogen-bond acceptors (Lipinski definition) is 5. The summed E-state index contributed by atoms with van der Waals surface area (Å²) in [6, 6.07) is 6.52. The molecule has 1 aromatic carbocycles. The zero-order valence-electron chi connectivity index (χ0n) is 19.1. The second-order valence-corrected chi connectivity index (χ2v) is 9.85. The van der Waals surface area contributed by atoms with Crippen molar-refractivity contribution in [2.45, 2.75) is 84.5 Å². The van der Waals surface area contributed by atoms with Crippen LogP contribution in [0, 0.1) is 11.3 Å². The average Bonchev–Trinajstić information content (AvgIpc) is 3.43. The Balaban J connectivity index is 2.15. The zero-order valence-corrected chi connectivity index (χ0v) is 19.1. The molecule has 0 aromatic heterocycles. The molecule has 2 fully saturated rings. The summed E-state index contributed by atoms with van der Waals surface area (Å²) in [4.78, 5) is 28.0. The lowest BCUT2D eigenvalue weighted by atomic mass is 9.72. The molecule has 6 heteroatoms. The van der Waals surface area contributed by atoms with Crippen molar-refractivity contribution < 1.29 is 19.1 Å². The Labute approximate surface area is 180 Å². The summed E-state index contributed by atoms with van der Waals surface area (Å²) < 4.78 is 11.0. The van der Waals surface area contributed by atoms with Gasteiger partial charge in [-0.15, -0.1) is 0 Å². The molecule has 1 saturated heterocycles. The molecule has 0 spiro atoms. The summed E-state index contributed by atoms with van der Waals surface area (Å²) in [5.74, 6) is -0.195. The maximum absolute atomic E-state index is 13.3. The summed E-state index contributed by atoms with van der Waals surface area (Å²) in [5.41, 5.74) is 8.79. The molecule has 30 heavy (non-hydrogen) atoms. The standard InChI is InChI=1S/C24H36N2O4/c1-7-29-22(27)21-18(24(4,5)6)19(25)20(26(21)23(28)30-14(2)3)17-11-9-8-10-16(17)15-12-13-15/h8-11,14-15,18-21H,7,12-13,25H2,1-6H3/t18-,19-,20-,21-/m0/s1. The number of nitrogens with two attached hydrogens (primary N) is 1. The molecular formula is C24H36N2O4. The molecule has 1 saturated carbocycles. The number of rotatable bonds is 5. The van der Waals surface area contributed by atoms with Gasteiger partial charge in [0.2, 0.25) is 0 Å². The number of esters is 1. The van der Waals surface area contributed by atoms with E-state index in [0.717, 1.165) is 18.4 Å². The quantitative estimate of drug-likeness (QED) is 0.720. The number of carbonyl (C=O) groups is 2. The van der Waals surface area contributed by atoms with E-state index >= 15 is 0 Å². The fraction of sp³-hybridized carbons (Fsp3) is 0.667. The van der Waals surface area contributed by atoms with E-state index in [0.29, 0.717) is 5.92 Å². The minimum atomic E-state index is -0.788. The summed E-state index contributed by atoms with van der Waals surface area (Å²) in [6.45, 7) is 11.8. The maximum atomic E-state index is 13.3. The first-order valence-corrected chi connectivity index (χ1v) is 11.1. The summed E-state index contributed by atoms with van der Waals surface area (Å²) in [6.07, 6.45) is 1.46. The number of hydrogen-bond donors (Lipinski definition) is 1. The number of benzene rings is 1. The monoisotopic (exact) mass is 416 g/mol. The smallest absolute Gasteiger partial charge is 0.411 e. The number of ether oxygens (including phenoxy) is 2. The minimum absolute atomic E-state index is 0.248. The maximum Gasteiger partial charge on any atom is 0.411 e. The Hall–Kier alpha value is -2.08. The van der Waals surface area contributed by atoms with Gasteiger partial charge in [0.25, 0.3) is 0 Å². The van der Waals surface area contributed by atoms with Crippen LogP contribution < -0.4 is 5.73 Å². The Kier molecular flexibility index (Phi) is 6.46. The molecule has 2 aliphatic rings. The molecule has 3 rings (SSSR count). The molecule has 2 N–H and O–H groups in total. The van der Waals surface area contributed by atoms with E-state index in [1.54, 1.807) is 11.8 Å². The van der Waals surface area contributed by atoms with E-state index in [-0.39, 0.29) is 24.0 Å². The Morgan fingerprint density at radius 3 is 2.27 bits per heavy atom. The highest BCUT2D eigenvalue weighted by atomic mass is 16.6. The third-order valence-corrected chi connectivity index (χ3v) is 6.13. The molecule has 1 aliphatic carbocycles. The molecule has 0 bridgehead atoms. The van der Waals surface area contributed by atoms with E-state index < -0.39 is 30.2 Å². The first-order valence-electron chi connectivity index (χ1n) is 11.1. The first kappa shape index (κ1) is 22.6. The van der Waals surface area contributed by atoms with E-state index in [1.165, 1.54) is 5.56 Å². The predicted octanol–water partition coefficient (Wildman–Crippen LogP) is 4.39. The topological polar surface area (TPSA) is 81.9 Å². The van der Waals surface area contributed by atoms with Gasteiger partial charge in [0.15, 0.2) is 0 Å². The second kappa shape index (κ2) is 8.58. The number of nitrogens with zero attached hydrogens (tertiary/aromatic N) is 1. The van der Waals surface area contributed by atoms with Gasteiger partial charge in [-0.2, -0.15) is 0 Å². The van der Waals surface area contributed by atoms with Crippen LogP contribution in [0.1, 0.15) is 77.5 Å². The van der Waals surface area contributed by atoms with Crippen molar-refractivity contribution in [3.8, 4) is 0 Å². The van der Waals surface area contributed by atoms with Gasteiger partial charge in [0.05, 0.1) is 18.8 Å². The van der Waals surface area contributed by atoms with Crippen molar-refractivity contribution >= 4 is 12.1 Å². The van der Waals surface area contributed by atoms with Gasteiger partial charge in [-0.1, -0.05) is 45.0 Å². The normalized spacial score (nSPS) is 26.7. The molecular weight excluding hydrogens is 380 g/mol. The average molecular weight is 417 g/mol. The highest BCUT2D eigenvalue weighted by molar-refractivity contribution is 5.83. The molecule has 1 heterocycles. The van der Waals surface area contributed by atoms with Crippen molar-refractivity contribution in [1.29, 1.82) is 0 Å². The zero-order chi connectivity index (χ0) is 22.2. The second-order valence-electron chi connectivity index (χ2n) is 9.85. The third-order valence-electron chi connectivity index (χ3n) is 6.13. The fourth-order valence-electron chi connectivity index (χ4n) is 4.87. The molecule has 4 atom stereocenters. The largest absolute Gasteiger partial charge is 0.464 e. The number of carbonyl (C=O) groups excluding carboxylic acids is 2. The summed E-state index contributed by atoms with van der Waals surface area (Å²) >= 11 is 0. The highest BCUT2D eigenvalue weighted by Gasteiger charge is 2.58. The minimum Gasteiger partial charge on any atom is -0.464 e. The lowest BCUT2D eigenvalue weighted by Crippen LogP contribution is -2.48. The van der Waals surface area contributed by atoms with Crippen LogP contribution in [-0.4, -0.2) is 41.8 Å². The SMILES string of the molecule is CCOC(=O)[C@@H]1[C@@H](C(C)(C)C)[C@H](N)[C@H](c2ccccc2C2CC2)N1C(=O)OC(C)C. The molecule has 166 valence electrons. The molecule has 0 radical (unpaired) electrons. The van der Waals surface area contributed by atoms with Crippen molar-refractivity contribution in [3.63, 3.8) is 0 Å². The van der Waals surface area contributed by atoms with Gasteiger partial charge in [-0.05, 0) is 56.1 Å². The lowest BCUT2D eigenvalue weighted by Gasteiger charge is -2.34. The highest BCUT2D eigenvalue weighted by Crippen LogP contribution is 2.51. The van der Waals surface area contributed by atoms with Crippen LogP contribution in [0.3, 0.4) is 0 Å². The van der Waals surface area contributed by atoms with Gasteiger partial charge < -0.3 is 15.2 Å². The lowest BCUT2D eigenvalue weighted by molar-refractivity contribution is -0.151. The van der Waals surface area contributed by atoms with Crippen LogP contribution in [0.4, 0.5) is 4.79 Å². The molecule has 0 unspecified atom stereocenters. The van der Waals surface area contributed by atoms with Crippen LogP contribution in [0.15, 0.2) is 24.3 Å². The van der Waals surface area contributed by atoms with Gasteiger partial charge in [0, 0.05) is 12.0 Å². The van der Waals surface area contributed by atoms with Crippen LogP contribution in [0.2, 0.25) is 0 Å². The van der Waals surface area contributed by atoms with Crippen LogP contribution in [0.25, 0.3) is 0 Å². The van der Waals surface area contributed by atoms with Gasteiger partial charge in [-0.3, -0.25) is 4.90 Å². The molecule has 1 amide bonds. The Bertz CT molecular complexity index is 782. The van der Waals surface area contributed by atoms with Crippen molar-refractivity contribution in [1.82, 2.24) is 4.90 Å². The first-order chi connectivity index (χ1) is 14.1. The van der Waals surface area contributed by atoms with E-state index in [2.05, 4.69) is 26.8 Å². The molecule has 1 aromatic rings. The van der Waals surface area contributed by atoms with Crippen LogP contribution >= 0.6 is 0 Å². The Morgan fingerprint density at radius 2 is 1.77 bits per heavy atom. The van der Waals surface area contributed by atoms with E-state index in [4.69, 9.17) is 15.2 Å². The predicted molar refractivity (Wildman–Crippen MR) is 116 cm³/mol. The van der Waals surface area contributed by atoms with Gasteiger partial charge in [-0.25, -0.2) is 9.59 Å². The summed E-state index contributed by atoms with van der Waals surface area (Å²) in [5, 5.41) is 0. The van der Waals surface area contributed by atoms with Crippen molar-refractivity contribution in [2.75, 3.05) is 6.61 Å². The van der Waals surface area contributed by atoms with Crippen LogP contribution in [-0.2, 0) is 14.3 Å². The Morgan fingerprint density at radius 1 is 1.17 bits per heavy atom.